The number of fused-ring (bicyclic) bond motifs is 2. The summed E-state index contributed by atoms with van der Waals surface area (Å²) < 4.78 is 21.1. The summed E-state index contributed by atoms with van der Waals surface area (Å²) >= 11 is 0. The second-order valence-electron chi connectivity index (χ2n) is 12.8. The molecule has 0 radical (unpaired) electrons. The number of primary amides is 1. The van der Waals surface area contributed by atoms with Gasteiger partial charge in [-0.3, -0.25) is 9.59 Å². The van der Waals surface area contributed by atoms with E-state index in [0.717, 1.165) is 52.6 Å². The zero-order valence-corrected chi connectivity index (χ0v) is 34.3. The van der Waals surface area contributed by atoms with Gasteiger partial charge in [-0.15, -0.1) is 0 Å². The monoisotopic (exact) mass is 818 g/mol. The molecule has 16 heteroatoms. The van der Waals surface area contributed by atoms with E-state index in [2.05, 4.69) is 59.2 Å². The maximum Gasteiger partial charge on any atom is 0.407 e. The summed E-state index contributed by atoms with van der Waals surface area (Å²) in [6, 6.07) is 29.4. The van der Waals surface area contributed by atoms with Crippen molar-refractivity contribution in [1.29, 1.82) is 0 Å². The minimum atomic E-state index is -0.862. The van der Waals surface area contributed by atoms with Gasteiger partial charge in [-0.25, -0.2) is 19.6 Å². The molecule has 7 rings (SSSR count). The SMILES string of the molecule is CCc1ncc(-c2ccc3c(c2)Oc2ccc(-c4cnc(CC)[nH]4)cc2O3)[nH]1.CNC=O.COC(=O)NC(C(N)=O)c1ccccc1.COC(=O)NC(C)c1ccccc1. The van der Waals surface area contributed by atoms with Crippen molar-refractivity contribution in [3.63, 3.8) is 0 Å². The number of benzene rings is 4. The van der Waals surface area contributed by atoms with Crippen molar-refractivity contribution in [2.45, 2.75) is 45.7 Å². The van der Waals surface area contributed by atoms with Crippen LogP contribution in [0.3, 0.4) is 0 Å². The number of hydrogen-bond acceptors (Lipinski definition) is 10. The van der Waals surface area contributed by atoms with E-state index in [1.165, 1.54) is 14.2 Å². The Morgan fingerprint density at radius 2 is 1.13 bits per heavy atom. The highest BCUT2D eigenvalue weighted by atomic mass is 16.6. The third-order valence-corrected chi connectivity index (χ3v) is 8.68. The van der Waals surface area contributed by atoms with Crippen LogP contribution in [0.4, 0.5) is 9.59 Å². The highest BCUT2D eigenvalue weighted by Crippen LogP contribution is 2.47. The largest absolute Gasteiger partial charge is 0.453 e. The molecule has 0 fully saturated rings. The van der Waals surface area contributed by atoms with E-state index in [1.807, 2.05) is 86.0 Å². The second-order valence-corrected chi connectivity index (χ2v) is 12.8. The van der Waals surface area contributed by atoms with Crippen LogP contribution in [0.1, 0.15) is 55.6 Å². The van der Waals surface area contributed by atoms with Gasteiger partial charge >= 0.3 is 12.2 Å². The Morgan fingerprint density at radius 1 is 0.700 bits per heavy atom. The zero-order valence-electron chi connectivity index (χ0n) is 34.3. The van der Waals surface area contributed by atoms with Crippen LogP contribution in [0.2, 0.25) is 0 Å². The minimum Gasteiger partial charge on any atom is -0.453 e. The molecule has 16 nitrogen and oxygen atoms in total. The fraction of sp³-hybridized carbons (Fsp3) is 0.227. The summed E-state index contributed by atoms with van der Waals surface area (Å²) in [6.45, 7) is 6.06. The second kappa shape index (κ2) is 23.0. The van der Waals surface area contributed by atoms with Gasteiger partial charge in [0.15, 0.2) is 23.0 Å². The molecule has 1 aliphatic rings. The highest BCUT2D eigenvalue weighted by molar-refractivity contribution is 5.85. The van der Waals surface area contributed by atoms with Gasteiger partial charge < -0.3 is 50.6 Å². The van der Waals surface area contributed by atoms with Crippen molar-refractivity contribution < 1.29 is 38.1 Å². The molecule has 2 atom stereocenters. The molecule has 7 N–H and O–H groups in total. The number of aromatic amines is 2. The summed E-state index contributed by atoms with van der Waals surface area (Å²) in [6.07, 6.45) is 4.96. The van der Waals surface area contributed by atoms with Crippen molar-refractivity contribution in [1.82, 2.24) is 35.9 Å². The number of hydrogen-bond donors (Lipinski definition) is 6. The Hall–Kier alpha value is -7.62. The summed E-state index contributed by atoms with van der Waals surface area (Å²) in [4.78, 5) is 57.4. The Morgan fingerprint density at radius 3 is 1.52 bits per heavy atom. The summed E-state index contributed by atoms with van der Waals surface area (Å²) in [5, 5.41) is 7.28. The number of rotatable bonds is 10. The van der Waals surface area contributed by atoms with Crippen LogP contribution in [0.15, 0.2) is 109 Å². The molecule has 0 bridgehead atoms. The summed E-state index contributed by atoms with van der Waals surface area (Å²) in [5.74, 6) is 4.08. The number of ether oxygens (including phenoxy) is 4. The van der Waals surface area contributed by atoms with Gasteiger partial charge in [0.1, 0.15) is 17.7 Å². The topological polar surface area (TPSA) is 225 Å². The van der Waals surface area contributed by atoms with Crippen molar-refractivity contribution in [3.8, 4) is 45.5 Å². The third-order valence-electron chi connectivity index (χ3n) is 8.68. The molecule has 4 aromatic carbocycles. The van der Waals surface area contributed by atoms with E-state index in [-0.39, 0.29) is 6.04 Å². The van der Waals surface area contributed by atoms with Crippen LogP contribution in [0, 0.1) is 0 Å². The average molecular weight is 819 g/mol. The highest BCUT2D eigenvalue weighted by Gasteiger charge is 2.22. The molecular weight excluding hydrogens is 769 g/mol. The normalized spacial score (nSPS) is 11.4. The lowest BCUT2D eigenvalue weighted by Gasteiger charge is -2.21. The van der Waals surface area contributed by atoms with Gasteiger partial charge in [-0.05, 0) is 54.4 Å². The van der Waals surface area contributed by atoms with Crippen molar-refractivity contribution >= 4 is 24.5 Å². The van der Waals surface area contributed by atoms with E-state index in [9.17, 15) is 14.4 Å². The Labute approximate surface area is 348 Å². The Bertz CT molecular complexity index is 2200. The Balaban J connectivity index is 0.000000210. The maximum atomic E-state index is 11.1. The average Bonchev–Trinajstić information content (AvgIpc) is 3.99. The first kappa shape index (κ1) is 45.1. The van der Waals surface area contributed by atoms with Crippen LogP contribution < -0.4 is 31.2 Å². The van der Waals surface area contributed by atoms with Crippen molar-refractivity contribution in [2.24, 2.45) is 5.73 Å². The smallest absolute Gasteiger partial charge is 0.407 e. The standard InChI is InChI=1S/C22H20N4O2.C10H12N2O3.C10H13NO2.C2H5NO/c1-3-21-23-11-15(25-21)13-5-7-17-19(9-13)27-18-8-6-14(10-20(18)28-17)16-12-24-22(4-2)26-16;1-15-10(14)12-8(9(11)13)7-5-3-2-4-6-7;1-8(11-10(12)13-2)9-6-4-3-5-7-9;1-3-2-4/h5-12H,3-4H2,1-2H3,(H,23,25)(H,24,26);2-6,8H,1H3,(H2,11,13)(H,12,14);3-8H,1-2H3,(H,11,12);2H,1H3,(H,3,4). The molecule has 2 aromatic heterocycles. The number of carbonyl (C=O) groups excluding carboxylic acids is 4. The van der Waals surface area contributed by atoms with E-state index in [0.29, 0.717) is 35.0 Å². The number of nitrogens with zero attached hydrogens (tertiary/aromatic N) is 2. The number of nitrogens with one attached hydrogen (secondary N) is 5. The molecule has 0 spiro atoms. The first-order chi connectivity index (χ1) is 29.0. The third kappa shape index (κ3) is 13.0. The Kier molecular flexibility index (Phi) is 17.2. The maximum absolute atomic E-state index is 11.1. The lowest BCUT2D eigenvalue weighted by molar-refractivity contribution is -0.120. The number of methoxy groups -OCH3 is 2. The van der Waals surface area contributed by atoms with Gasteiger partial charge in [0.25, 0.3) is 0 Å². The molecule has 1 aliphatic heterocycles. The van der Waals surface area contributed by atoms with Gasteiger partial charge in [0.05, 0.1) is 44.0 Å². The van der Waals surface area contributed by atoms with Crippen LogP contribution in [-0.2, 0) is 31.9 Å². The molecule has 2 unspecified atom stereocenters. The quantitative estimate of drug-likeness (QED) is 0.0744. The van der Waals surface area contributed by atoms with Gasteiger partial charge in [-0.1, -0.05) is 74.5 Å². The number of aryl methyl sites for hydroxylation is 2. The number of amides is 4. The van der Waals surface area contributed by atoms with E-state index in [1.54, 1.807) is 37.4 Å². The van der Waals surface area contributed by atoms with Crippen LogP contribution >= 0.6 is 0 Å². The minimum absolute atomic E-state index is 0.0198. The lowest BCUT2D eigenvalue weighted by Crippen LogP contribution is -2.37. The number of aromatic nitrogens is 4. The number of carbonyl (C=O) groups is 4. The van der Waals surface area contributed by atoms with Crippen LogP contribution in [-0.4, -0.2) is 65.7 Å². The fourth-order valence-electron chi connectivity index (χ4n) is 5.50. The van der Waals surface area contributed by atoms with Crippen molar-refractivity contribution in [2.75, 3.05) is 21.3 Å². The van der Waals surface area contributed by atoms with Gasteiger partial charge in [-0.2, -0.15) is 0 Å². The lowest BCUT2D eigenvalue weighted by atomic mass is 10.1. The number of imidazole rings is 2. The molecule has 0 aliphatic carbocycles. The first-order valence-electron chi connectivity index (χ1n) is 18.9. The predicted molar refractivity (Wildman–Crippen MR) is 226 cm³/mol. The molecule has 3 heterocycles. The number of H-pyrrole nitrogens is 2. The molecule has 6 aromatic rings. The van der Waals surface area contributed by atoms with Gasteiger partial charge in [0.2, 0.25) is 12.3 Å². The first-order valence-corrected chi connectivity index (χ1v) is 18.9. The molecule has 4 amide bonds. The fourth-order valence-corrected chi connectivity index (χ4v) is 5.50. The number of nitrogens with two attached hydrogens (primary N) is 1. The molecular formula is C44H50N8O8. The molecule has 314 valence electrons. The van der Waals surface area contributed by atoms with Crippen LogP contribution in [0.5, 0.6) is 23.0 Å². The number of alkyl carbamates (subject to hydrolysis) is 2. The molecule has 0 saturated heterocycles. The molecule has 0 saturated carbocycles. The van der Waals surface area contributed by atoms with Crippen molar-refractivity contribution in [3.05, 3.63) is 132 Å². The summed E-state index contributed by atoms with van der Waals surface area (Å²) in [5.41, 5.74) is 10.8. The molecule has 60 heavy (non-hydrogen) atoms. The predicted octanol–water partition coefficient (Wildman–Crippen LogP) is 7.52. The van der Waals surface area contributed by atoms with E-state index >= 15 is 0 Å². The van der Waals surface area contributed by atoms with E-state index in [4.69, 9.17) is 20.0 Å². The van der Waals surface area contributed by atoms with E-state index < -0.39 is 24.1 Å². The summed E-state index contributed by atoms with van der Waals surface area (Å²) in [7, 11) is 4.14. The zero-order chi connectivity index (χ0) is 43.4. The van der Waals surface area contributed by atoms with Gasteiger partial charge in [0, 0.05) is 31.0 Å². The van der Waals surface area contributed by atoms with Crippen LogP contribution in [0.25, 0.3) is 22.5 Å².